The molecule has 1 amide bonds. The highest BCUT2D eigenvalue weighted by Crippen LogP contribution is 2.40. The van der Waals surface area contributed by atoms with Crippen molar-refractivity contribution in [2.75, 3.05) is 0 Å². The van der Waals surface area contributed by atoms with Crippen molar-refractivity contribution in [3.8, 4) is 11.3 Å². The van der Waals surface area contributed by atoms with E-state index >= 15 is 0 Å². The summed E-state index contributed by atoms with van der Waals surface area (Å²) in [5, 5.41) is 3.00. The molecule has 2 aromatic rings. The number of halogens is 6. The van der Waals surface area contributed by atoms with E-state index in [1.165, 1.54) is 6.07 Å². The van der Waals surface area contributed by atoms with Crippen molar-refractivity contribution in [1.29, 1.82) is 0 Å². The Morgan fingerprint density at radius 1 is 0.909 bits per heavy atom. The minimum Gasteiger partial charge on any atom is -0.349 e. The predicted octanol–water partition coefficient (Wildman–Crippen LogP) is 6.97. The van der Waals surface area contributed by atoms with E-state index in [0.29, 0.717) is 23.7 Å². The molecular formula is C24H26F6N2O. The highest BCUT2D eigenvalue weighted by molar-refractivity contribution is 5.97. The van der Waals surface area contributed by atoms with Gasteiger partial charge in [-0.25, -0.2) is 0 Å². The number of benzene rings is 1. The molecule has 1 aromatic carbocycles. The van der Waals surface area contributed by atoms with E-state index in [9.17, 15) is 31.1 Å². The maximum absolute atomic E-state index is 13.4. The van der Waals surface area contributed by atoms with E-state index in [1.54, 1.807) is 11.5 Å². The third kappa shape index (κ3) is 5.38. The number of carbonyl (C=O) groups is 1. The lowest BCUT2D eigenvalue weighted by Gasteiger charge is -2.22. The second kappa shape index (κ2) is 8.72. The van der Waals surface area contributed by atoms with Gasteiger partial charge in [0, 0.05) is 24.0 Å². The van der Waals surface area contributed by atoms with Gasteiger partial charge in [0.05, 0.1) is 16.7 Å². The summed E-state index contributed by atoms with van der Waals surface area (Å²) in [6, 6.07) is 3.06. The molecular weight excluding hydrogens is 446 g/mol. The van der Waals surface area contributed by atoms with Crippen LogP contribution in [0.25, 0.3) is 11.3 Å². The molecule has 0 unspecified atom stereocenters. The monoisotopic (exact) mass is 472 g/mol. The maximum atomic E-state index is 13.4. The SMILES string of the molecule is Cc1c(C(=O)NC2CCCCC2)cc(-c2cc(C(F)(F)F)cc(C(F)(F)F)c2)n1CC1CC1. The molecule has 2 fully saturated rings. The number of carbonyl (C=O) groups excluding carboxylic acids is 1. The molecule has 3 nitrogen and oxygen atoms in total. The summed E-state index contributed by atoms with van der Waals surface area (Å²) in [5.41, 5.74) is -1.88. The zero-order valence-corrected chi connectivity index (χ0v) is 18.2. The zero-order valence-electron chi connectivity index (χ0n) is 18.2. The van der Waals surface area contributed by atoms with Crippen LogP contribution in [-0.4, -0.2) is 16.5 Å². The Hall–Kier alpha value is -2.45. The number of hydrogen-bond acceptors (Lipinski definition) is 1. The van der Waals surface area contributed by atoms with Crippen molar-refractivity contribution < 1.29 is 31.1 Å². The topological polar surface area (TPSA) is 34.0 Å². The molecule has 1 N–H and O–H groups in total. The summed E-state index contributed by atoms with van der Waals surface area (Å²) in [4.78, 5) is 13.0. The first-order valence-electron chi connectivity index (χ1n) is 11.2. The highest BCUT2D eigenvalue weighted by Gasteiger charge is 2.37. The maximum Gasteiger partial charge on any atom is 0.416 e. The molecule has 1 aromatic heterocycles. The molecule has 1 heterocycles. The van der Waals surface area contributed by atoms with Crippen LogP contribution in [0, 0.1) is 12.8 Å². The Morgan fingerprint density at radius 3 is 2.00 bits per heavy atom. The van der Waals surface area contributed by atoms with Gasteiger partial charge in [0.1, 0.15) is 0 Å². The standard InChI is InChI=1S/C24H26F6N2O/c1-14-20(22(33)31-19-5-3-2-4-6-19)12-21(32(14)13-15-7-8-15)16-9-17(23(25,26)27)11-18(10-16)24(28,29)30/h9-12,15,19H,2-8,13H2,1H3,(H,31,33). The third-order valence-electron chi connectivity index (χ3n) is 6.57. The van der Waals surface area contributed by atoms with Crippen LogP contribution in [0.1, 0.15) is 72.1 Å². The highest BCUT2D eigenvalue weighted by atomic mass is 19.4. The van der Waals surface area contributed by atoms with Crippen LogP contribution in [0.5, 0.6) is 0 Å². The van der Waals surface area contributed by atoms with E-state index < -0.39 is 23.5 Å². The number of nitrogens with one attached hydrogen (secondary N) is 1. The lowest BCUT2D eigenvalue weighted by Crippen LogP contribution is -2.36. The minimum absolute atomic E-state index is 0.0336. The van der Waals surface area contributed by atoms with Crippen molar-refractivity contribution in [3.63, 3.8) is 0 Å². The fourth-order valence-electron chi connectivity index (χ4n) is 4.52. The average Bonchev–Trinajstić information content (AvgIpc) is 3.50. The minimum atomic E-state index is -4.93. The van der Waals surface area contributed by atoms with Gasteiger partial charge in [0.2, 0.25) is 0 Å². The molecule has 9 heteroatoms. The largest absolute Gasteiger partial charge is 0.416 e. The molecule has 0 atom stereocenters. The molecule has 2 aliphatic carbocycles. The molecule has 180 valence electrons. The second-order valence-corrected chi connectivity index (χ2v) is 9.19. The Bertz CT molecular complexity index is 995. The van der Waals surface area contributed by atoms with Crippen molar-refractivity contribution >= 4 is 5.91 Å². The van der Waals surface area contributed by atoms with E-state index in [1.807, 2.05) is 0 Å². The summed E-state index contributed by atoms with van der Waals surface area (Å²) in [6.07, 6.45) is -3.10. The van der Waals surface area contributed by atoms with Gasteiger partial charge in [-0.2, -0.15) is 26.3 Å². The molecule has 2 aliphatic rings. The molecule has 0 radical (unpaired) electrons. The van der Waals surface area contributed by atoms with Gasteiger partial charge in [-0.05, 0) is 68.4 Å². The average molecular weight is 472 g/mol. The second-order valence-electron chi connectivity index (χ2n) is 9.19. The Balaban J connectivity index is 1.78. The molecule has 0 bridgehead atoms. The van der Waals surface area contributed by atoms with Gasteiger partial charge in [-0.3, -0.25) is 4.79 Å². The van der Waals surface area contributed by atoms with Gasteiger partial charge in [-0.1, -0.05) is 19.3 Å². The van der Waals surface area contributed by atoms with Crippen molar-refractivity contribution in [1.82, 2.24) is 9.88 Å². The quantitative estimate of drug-likeness (QED) is 0.469. The Kier molecular flexibility index (Phi) is 6.26. The summed E-state index contributed by atoms with van der Waals surface area (Å²) in [7, 11) is 0. The number of rotatable bonds is 5. The van der Waals surface area contributed by atoms with Crippen molar-refractivity contribution in [2.45, 2.75) is 76.8 Å². The summed E-state index contributed by atoms with van der Waals surface area (Å²) in [6.45, 7) is 2.15. The van der Waals surface area contributed by atoms with Gasteiger partial charge < -0.3 is 9.88 Å². The molecule has 0 spiro atoms. The lowest BCUT2D eigenvalue weighted by molar-refractivity contribution is -0.143. The fourth-order valence-corrected chi connectivity index (χ4v) is 4.52. The van der Waals surface area contributed by atoms with E-state index in [-0.39, 0.29) is 29.3 Å². The zero-order chi connectivity index (χ0) is 24.0. The van der Waals surface area contributed by atoms with Crippen LogP contribution in [0.3, 0.4) is 0 Å². The van der Waals surface area contributed by atoms with E-state index in [4.69, 9.17) is 0 Å². The summed E-state index contributed by atoms with van der Waals surface area (Å²) < 4.78 is 82.1. The first kappa shape index (κ1) is 23.7. The third-order valence-corrected chi connectivity index (χ3v) is 6.57. The first-order chi connectivity index (χ1) is 15.4. The van der Waals surface area contributed by atoms with Gasteiger partial charge >= 0.3 is 12.4 Å². The van der Waals surface area contributed by atoms with Crippen LogP contribution in [0.2, 0.25) is 0 Å². The normalized spacial score (nSPS) is 17.9. The van der Waals surface area contributed by atoms with Crippen LogP contribution in [0.4, 0.5) is 26.3 Å². The van der Waals surface area contributed by atoms with Crippen LogP contribution in [-0.2, 0) is 18.9 Å². The molecule has 0 aliphatic heterocycles. The fraction of sp³-hybridized carbons (Fsp3) is 0.542. The number of alkyl halides is 6. The van der Waals surface area contributed by atoms with Crippen LogP contribution in [0.15, 0.2) is 24.3 Å². The Labute approximate surface area is 188 Å². The first-order valence-corrected chi connectivity index (χ1v) is 11.2. The van der Waals surface area contributed by atoms with Crippen LogP contribution < -0.4 is 5.32 Å². The number of nitrogens with zero attached hydrogens (tertiary/aromatic N) is 1. The summed E-state index contributed by atoms with van der Waals surface area (Å²) in [5.74, 6) is -0.0322. The number of amides is 1. The van der Waals surface area contributed by atoms with Crippen molar-refractivity contribution in [3.05, 3.63) is 46.6 Å². The Morgan fingerprint density at radius 2 is 1.48 bits per heavy atom. The molecule has 2 saturated carbocycles. The van der Waals surface area contributed by atoms with Gasteiger partial charge in [-0.15, -0.1) is 0 Å². The smallest absolute Gasteiger partial charge is 0.349 e. The summed E-state index contributed by atoms with van der Waals surface area (Å²) >= 11 is 0. The predicted molar refractivity (Wildman–Crippen MR) is 112 cm³/mol. The lowest BCUT2D eigenvalue weighted by atomic mass is 9.95. The van der Waals surface area contributed by atoms with Crippen molar-refractivity contribution in [2.24, 2.45) is 5.92 Å². The van der Waals surface area contributed by atoms with Gasteiger partial charge in [0.25, 0.3) is 5.91 Å². The number of hydrogen-bond donors (Lipinski definition) is 1. The van der Waals surface area contributed by atoms with E-state index in [0.717, 1.165) is 57.1 Å². The molecule has 4 rings (SSSR count). The molecule has 33 heavy (non-hydrogen) atoms. The van der Waals surface area contributed by atoms with Crippen LogP contribution >= 0.6 is 0 Å². The van der Waals surface area contributed by atoms with E-state index in [2.05, 4.69) is 5.32 Å². The van der Waals surface area contributed by atoms with Gasteiger partial charge in [0.15, 0.2) is 0 Å². The molecule has 0 saturated heterocycles. The number of aromatic nitrogens is 1.